The fraction of sp³-hybridized carbons (Fsp3) is 0.179. The van der Waals surface area contributed by atoms with Gasteiger partial charge in [-0.05, 0) is 60.0 Å². The van der Waals surface area contributed by atoms with Crippen LogP contribution in [0.15, 0.2) is 66.7 Å². The molecule has 1 fully saturated rings. The Hall–Kier alpha value is -4.24. The average molecular weight is 520 g/mol. The van der Waals surface area contributed by atoms with Crippen molar-refractivity contribution in [2.24, 2.45) is 0 Å². The molecule has 190 valence electrons. The number of ether oxygens (including phenoxy) is 4. The predicted molar refractivity (Wildman–Crippen MR) is 141 cm³/mol. The topological polar surface area (TPSA) is 100 Å². The second-order valence-corrected chi connectivity index (χ2v) is 9.19. The second kappa shape index (κ2) is 11.7. The molecular weight excluding hydrogens is 494 g/mol. The van der Waals surface area contributed by atoms with E-state index in [9.17, 15) is 14.4 Å². The zero-order valence-corrected chi connectivity index (χ0v) is 21.3. The van der Waals surface area contributed by atoms with Gasteiger partial charge in [0.05, 0.1) is 32.2 Å². The van der Waals surface area contributed by atoms with Crippen molar-refractivity contribution >= 4 is 40.5 Å². The molecule has 0 bridgehead atoms. The van der Waals surface area contributed by atoms with E-state index in [0.29, 0.717) is 46.1 Å². The molecule has 0 aliphatic carbocycles. The van der Waals surface area contributed by atoms with Gasteiger partial charge in [-0.2, -0.15) is 0 Å². The van der Waals surface area contributed by atoms with Crippen molar-refractivity contribution in [2.45, 2.75) is 11.7 Å². The van der Waals surface area contributed by atoms with Gasteiger partial charge in [-0.1, -0.05) is 36.0 Å². The van der Waals surface area contributed by atoms with Crippen molar-refractivity contribution in [1.82, 2.24) is 5.32 Å². The first kappa shape index (κ1) is 25.8. The molecule has 0 radical (unpaired) electrons. The smallest absolute Gasteiger partial charge is 0.338 e. The Labute approximate surface area is 218 Å². The van der Waals surface area contributed by atoms with Gasteiger partial charge in [-0.25, -0.2) is 4.79 Å². The zero-order valence-electron chi connectivity index (χ0n) is 20.5. The normalized spacial score (nSPS) is 15.2. The number of carbonyl (C=O) groups excluding carboxylic acids is 3. The van der Waals surface area contributed by atoms with Crippen LogP contribution in [0, 0.1) is 0 Å². The molecule has 1 unspecified atom stereocenters. The summed E-state index contributed by atoms with van der Waals surface area (Å²) in [6.07, 6.45) is 2.16. The molecular formula is C28H25NO7S. The number of hydrogen-bond donors (Lipinski definition) is 1. The third-order valence-corrected chi connectivity index (χ3v) is 6.64. The lowest BCUT2D eigenvalue weighted by atomic mass is 10.0. The van der Waals surface area contributed by atoms with Gasteiger partial charge < -0.3 is 18.9 Å². The van der Waals surface area contributed by atoms with E-state index in [4.69, 9.17) is 18.9 Å². The third kappa shape index (κ3) is 6.31. The minimum Gasteiger partial charge on any atom is -0.497 e. The van der Waals surface area contributed by atoms with E-state index in [-0.39, 0.29) is 11.1 Å². The van der Waals surface area contributed by atoms with Crippen LogP contribution in [0.4, 0.5) is 4.79 Å². The number of methoxy groups -OCH3 is 3. The average Bonchev–Trinajstić information content (AvgIpc) is 3.24. The molecule has 3 aromatic rings. The van der Waals surface area contributed by atoms with Crippen LogP contribution in [0.1, 0.15) is 16.7 Å². The molecule has 1 heterocycles. The monoisotopic (exact) mass is 519 g/mol. The van der Waals surface area contributed by atoms with Crippen LogP contribution in [0.3, 0.4) is 0 Å². The number of hydrogen-bond acceptors (Lipinski definition) is 8. The highest BCUT2D eigenvalue weighted by molar-refractivity contribution is 8.15. The van der Waals surface area contributed by atoms with Gasteiger partial charge in [0.25, 0.3) is 5.24 Å². The van der Waals surface area contributed by atoms with Gasteiger partial charge in [0.2, 0.25) is 5.91 Å². The molecule has 1 saturated heterocycles. The van der Waals surface area contributed by atoms with Gasteiger partial charge in [-0.15, -0.1) is 0 Å². The van der Waals surface area contributed by atoms with E-state index in [0.717, 1.165) is 17.3 Å². The molecule has 37 heavy (non-hydrogen) atoms. The van der Waals surface area contributed by atoms with Crippen molar-refractivity contribution in [3.05, 3.63) is 83.4 Å². The van der Waals surface area contributed by atoms with Gasteiger partial charge >= 0.3 is 5.97 Å². The zero-order chi connectivity index (χ0) is 26.4. The Balaban J connectivity index is 1.49. The second-order valence-electron chi connectivity index (χ2n) is 8.02. The number of rotatable bonds is 9. The first-order chi connectivity index (χ1) is 17.9. The largest absolute Gasteiger partial charge is 0.497 e. The lowest BCUT2D eigenvalue weighted by Crippen LogP contribution is -2.25. The van der Waals surface area contributed by atoms with Crippen molar-refractivity contribution in [3.63, 3.8) is 0 Å². The van der Waals surface area contributed by atoms with Crippen LogP contribution in [0.25, 0.3) is 11.6 Å². The van der Waals surface area contributed by atoms with Crippen LogP contribution < -0.4 is 19.5 Å². The van der Waals surface area contributed by atoms with E-state index in [2.05, 4.69) is 5.32 Å². The van der Waals surface area contributed by atoms with E-state index in [1.54, 1.807) is 74.9 Å². The van der Waals surface area contributed by atoms with Crippen LogP contribution in [-0.2, 0) is 20.7 Å². The SMILES string of the molecule is COC(=O)/C(=C\c1ccc(OC)cc1OC)c1ccc(Oc2ccc(CC3SC(=O)NC3=O)cc2)cc1. The number of nitrogens with one attached hydrogen (secondary N) is 1. The highest BCUT2D eigenvalue weighted by atomic mass is 32.2. The lowest BCUT2D eigenvalue weighted by Gasteiger charge is -2.11. The van der Waals surface area contributed by atoms with Crippen molar-refractivity contribution in [2.75, 3.05) is 21.3 Å². The van der Waals surface area contributed by atoms with Crippen LogP contribution in [-0.4, -0.2) is 43.7 Å². The van der Waals surface area contributed by atoms with Crippen LogP contribution in [0.2, 0.25) is 0 Å². The Morgan fingerprint density at radius 1 is 0.892 bits per heavy atom. The molecule has 4 rings (SSSR count). The van der Waals surface area contributed by atoms with E-state index < -0.39 is 11.2 Å². The van der Waals surface area contributed by atoms with E-state index in [1.165, 1.54) is 7.11 Å². The van der Waals surface area contributed by atoms with Crippen molar-refractivity contribution in [1.29, 1.82) is 0 Å². The Morgan fingerprint density at radius 2 is 1.54 bits per heavy atom. The molecule has 1 aliphatic rings. The standard InChI is InChI=1S/C28H25NO7S/c1-33-22-13-8-19(24(16-22)34-2)15-23(27(31)35-3)18-6-11-21(12-7-18)36-20-9-4-17(5-10-20)14-25-26(30)29-28(32)37-25/h4-13,15-16,25H,14H2,1-3H3,(H,29,30,32)/b23-15-. The molecule has 8 nitrogen and oxygen atoms in total. The highest BCUT2D eigenvalue weighted by Crippen LogP contribution is 2.31. The Morgan fingerprint density at radius 3 is 2.11 bits per heavy atom. The summed E-state index contributed by atoms with van der Waals surface area (Å²) in [6.45, 7) is 0. The Bertz CT molecular complexity index is 1330. The molecule has 1 aliphatic heterocycles. The molecule has 0 aromatic heterocycles. The summed E-state index contributed by atoms with van der Waals surface area (Å²) in [5.41, 5.74) is 2.62. The fourth-order valence-corrected chi connectivity index (χ4v) is 4.60. The number of thioether (sulfide) groups is 1. The highest BCUT2D eigenvalue weighted by Gasteiger charge is 2.31. The molecule has 1 atom stereocenters. The summed E-state index contributed by atoms with van der Waals surface area (Å²) in [7, 11) is 4.45. The van der Waals surface area contributed by atoms with Crippen LogP contribution >= 0.6 is 11.8 Å². The Kier molecular flexibility index (Phi) is 8.15. The number of amides is 2. The first-order valence-corrected chi connectivity index (χ1v) is 12.2. The summed E-state index contributed by atoms with van der Waals surface area (Å²) in [5.74, 6) is 1.64. The maximum Gasteiger partial charge on any atom is 0.338 e. The minimum atomic E-state index is -0.488. The third-order valence-electron chi connectivity index (χ3n) is 5.66. The molecule has 0 spiro atoms. The molecule has 0 saturated carbocycles. The van der Waals surface area contributed by atoms with Crippen molar-refractivity contribution < 1.29 is 33.3 Å². The summed E-state index contributed by atoms with van der Waals surface area (Å²) in [6, 6.07) is 19.7. The van der Waals surface area contributed by atoms with Gasteiger partial charge in [-0.3, -0.25) is 14.9 Å². The number of benzene rings is 3. The fourth-order valence-electron chi connectivity index (χ4n) is 3.74. The van der Waals surface area contributed by atoms with Gasteiger partial charge in [0.15, 0.2) is 0 Å². The summed E-state index contributed by atoms with van der Waals surface area (Å²) < 4.78 is 21.6. The molecule has 3 aromatic carbocycles. The van der Waals surface area contributed by atoms with E-state index in [1.807, 2.05) is 12.1 Å². The molecule has 9 heteroatoms. The molecule has 1 N–H and O–H groups in total. The number of carbonyl (C=O) groups is 3. The minimum absolute atomic E-state index is 0.263. The van der Waals surface area contributed by atoms with Gasteiger partial charge in [0, 0.05) is 11.6 Å². The maximum atomic E-state index is 12.6. The number of esters is 1. The molecule has 2 amide bonds. The summed E-state index contributed by atoms with van der Waals surface area (Å²) in [4.78, 5) is 35.7. The summed E-state index contributed by atoms with van der Waals surface area (Å²) in [5, 5.41) is 1.57. The first-order valence-electron chi connectivity index (χ1n) is 11.3. The quantitative estimate of drug-likeness (QED) is 0.237. The summed E-state index contributed by atoms with van der Waals surface area (Å²) >= 11 is 1.01. The van der Waals surface area contributed by atoms with Crippen LogP contribution in [0.5, 0.6) is 23.0 Å². The van der Waals surface area contributed by atoms with Gasteiger partial charge in [0.1, 0.15) is 23.0 Å². The maximum absolute atomic E-state index is 12.6. The predicted octanol–water partition coefficient (Wildman–Crippen LogP) is 5.10. The number of imide groups is 1. The van der Waals surface area contributed by atoms with E-state index >= 15 is 0 Å². The lowest BCUT2D eigenvalue weighted by molar-refractivity contribution is -0.133. The van der Waals surface area contributed by atoms with Crippen molar-refractivity contribution in [3.8, 4) is 23.0 Å².